The summed E-state index contributed by atoms with van der Waals surface area (Å²) >= 11 is 0. The monoisotopic (exact) mass is 420 g/mol. The molecular weight excluding hydrogens is 396 g/mol. The van der Waals surface area contributed by atoms with Crippen molar-refractivity contribution < 1.29 is 13.2 Å². The number of rotatable bonds is 5. The number of piperidine rings is 1. The van der Waals surface area contributed by atoms with Crippen LogP contribution < -0.4 is 4.74 Å². The molecule has 0 N–H and O–H groups in total. The van der Waals surface area contributed by atoms with Crippen molar-refractivity contribution in [2.24, 2.45) is 0 Å². The number of sulfonamides is 1. The summed E-state index contributed by atoms with van der Waals surface area (Å²) in [4.78, 5) is 4.61. The van der Waals surface area contributed by atoms with Crippen LogP contribution in [0.3, 0.4) is 0 Å². The molecule has 5 nitrogen and oxygen atoms in total. The number of ether oxygens (including phenoxy) is 1. The van der Waals surface area contributed by atoms with Crippen LogP contribution >= 0.6 is 0 Å². The highest BCUT2D eigenvalue weighted by molar-refractivity contribution is 7.89. The molecule has 2 fully saturated rings. The maximum atomic E-state index is 13.6. The van der Waals surface area contributed by atoms with E-state index in [4.69, 9.17) is 4.74 Å². The molecule has 3 heterocycles. The molecule has 154 valence electrons. The Hall–Kier alpha value is -2.70. The molecule has 3 aromatic rings. The van der Waals surface area contributed by atoms with Crippen LogP contribution in [-0.2, 0) is 10.0 Å². The van der Waals surface area contributed by atoms with Gasteiger partial charge < -0.3 is 4.74 Å². The van der Waals surface area contributed by atoms with Crippen molar-refractivity contribution in [3.8, 4) is 17.0 Å². The van der Waals surface area contributed by atoms with Gasteiger partial charge in [0.05, 0.1) is 4.90 Å². The lowest BCUT2D eigenvalue weighted by atomic mass is 10.0. The zero-order chi connectivity index (χ0) is 20.6. The summed E-state index contributed by atoms with van der Waals surface area (Å²) in [5.41, 5.74) is 1.93. The summed E-state index contributed by atoms with van der Waals surface area (Å²) in [6, 6.07) is 22.7. The van der Waals surface area contributed by atoms with Gasteiger partial charge in [-0.1, -0.05) is 48.5 Å². The zero-order valence-corrected chi connectivity index (χ0v) is 17.4. The topological polar surface area (TPSA) is 59.5 Å². The van der Waals surface area contributed by atoms with E-state index in [-0.39, 0.29) is 18.2 Å². The van der Waals surface area contributed by atoms with Gasteiger partial charge in [0.2, 0.25) is 15.9 Å². The third-order valence-electron chi connectivity index (χ3n) is 6.06. The van der Waals surface area contributed by atoms with E-state index < -0.39 is 10.0 Å². The van der Waals surface area contributed by atoms with E-state index >= 15 is 0 Å². The van der Waals surface area contributed by atoms with Gasteiger partial charge in [0.15, 0.2) is 0 Å². The molecule has 5 rings (SSSR count). The van der Waals surface area contributed by atoms with E-state index in [0.717, 1.165) is 24.0 Å². The van der Waals surface area contributed by atoms with Crippen molar-refractivity contribution in [3.63, 3.8) is 0 Å². The van der Waals surface area contributed by atoms with Gasteiger partial charge in [-0.2, -0.15) is 4.31 Å². The van der Waals surface area contributed by atoms with Crippen molar-refractivity contribution in [1.29, 1.82) is 0 Å². The minimum absolute atomic E-state index is 0.000460. The van der Waals surface area contributed by atoms with Crippen LogP contribution in [0.5, 0.6) is 5.88 Å². The summed E-state index contributed by atoms with van der Waals surface area (Å²) < 4.78 is 34.9. The lowest BCUT2D eigenvalue weighted by molar-refractivity contribution is 0.0918. The summed E-state index contributed by atoms with van der Waals surface area (Å²) in [7, 11) is -3.56. The minimum atomic E-state index is -3.56. The molecule has 30 heavy (non-hydrogen) atoms. The number of hydrogen-bond donors (Lipinski definition) is 0. The Morgan fingerprint density at radius 1 is 0.833 bits per heavy atom. The first-order chi connectivity index (χ1) is 14.6. The number of benzene rings is 2. The van der Waals surface area contributed by atoms with Crippen molar-refractivity contribution in [2.45, 2.75) is 48.8 Å². The van der Waals surface area contributed by atoms with Gasteiger partial charge in [-0.05, 0) is 42.2 Å². The molecule has 0 amide bonds. The standard InChI is InChI=1S/C24H24N2O3S/c27-30(28,23-10-6-9-19(15-23)18-7-2-1-3-8-18)26-20-12-13-21(26)17-22(16-20)29-24-11-4-5-14-25-24/h1-11,14-15,20-22H,12-13,16-17H2. The number of aromatic nitrogens is 1. The molecule has 2 saturated heterocycles. The number of hydrogen-bond acceptors (Lipinski definition) is 4. The molecule has 6 heteroatoms. The maximum absolute atomic E-state index is 13.6. The summed E-state index contributed by atoms with van der Waals surface area (Å²) in [6.07, 6.45) is 4.87. The minimum Gasteiger partial charge on any atom is -0.474 e. The first kappa shape index (κ1) is 19.3. The van der Waals surface area contributed by atoms with Gasteiger partial charge in [-0.15, -0.1) is 0 Å². The molecule has 2 aromatic carbocycles. The molecular formula is C24H24N2O3S. The van der Waals surface area contributed by atoms with Gasteiger partial charge in [0, 0.05) is 37.2 Å². The molecule has 0 spiro atoms. The first-order valence-electron chi connectivity index (χ1n) is 10.4. The summed E-state index contributed by atoms with van der Waals surface area (Å²) in [5.74, 6) is 0.605. The summed E-state index contributed by atoms with van der Waals surface area (Å²) in [6.45, 7) is 0. The quantitative estimate of drug-likeness (QED) is 0.609. The average Bonchev–Trinajstić information content (AvgIpc) is 3.07. The Morgan fingerprint density at radius 3 is 2.23 bits per heavy atom. The smallest absolute Gasteiger partial charge is 0.243 e. The lowest BCUT2D eigenvalue weighted by Crippen LogP contribution is -2.49. The van der Waals surface area contributed by atoms with Crippen LogP contribution in [0.25, 0.3) is 11.1 Å². The third-order valence-corrected chi connectivity index (χ3v) is 8.07. The number of pyridine rings is 1. The average molecular weight is 421 g/mol. The van der Waals surface area contributed by atoms with E-state index in [1.165, 1.54) is 0 Å². The molecule has 0 saturated carbocycles. The predicted octanol–water partition coefficient (Wildman–Crippen LogP) is 4.51. The van der Waals surface area contributed by atoms with Crippen LogP contribution in [-0.4, -0.2) is 35.9 Å². The number of fused-ring (bicyclic) bond motifs is 2. The largest absolute Gasteiger partial charge is 0.474 e. The van der Waals surface area contributed by atoms with E-state index in [0.29, 0.717) is 23.6 Å². The fraction of sp³-hybridized carbons (Fsp3) is 0.292. The Bertz CT molecular complexity index is 1110. The third kappa shape index (κ3) is 3.61. The van der Waals surface area contributed by atoms with Gasteiger partial charge in [-0.25, -0.2) is 13.4 Å². The van der Waals surface area contributed by atoms with Gasteiger partial charge >= 0.3 is 0 Å². The Balaban J connectivity index is 1.38. The van der Waals surface area contributed by atoms with Crippen molar-refractivity contribution >= 4 is 10.0 Å². The second-order valence-electron chi connectivity index (χ2n) is 7.99. The van der Waals surface area contributed by atoms with Crippen molar-refractivity contribution in [2.75, 3.05) is 0 Å². The first-order valence-corrected chi connectivity index (χ1v) is 11.8. The zero-order valence-electron chi connectivity index (χ0n) is 16.6. The van der Waals surface area contributed by atoms with Crippen LogP contribution in [0.4, 0.5) is 0 Å². The van der Waals surface area contributed by atoms with Gasteiger partial charge in [0.25, 0.3) is 0 Å². The van der Waals surface area contributed by atoms with Crippen LogP contribution in [0.1, 0.15) is 25.7 Å². The Labute approximate surface area is 177 Å². The van der Waals surface area contributed by atoms with Crippen LogP contribution in [0.2, 0.25) is 0 Å². The molecule has 2 atom stereocenters. The summed E-state index contributed by atoms with van der Waals surface area (Å²) in [5, 5.41) is 0. The Kier molecular flexibility index (Phi) is 5.05. The second kappa shape index (κ2) is 7.85. The van der Waals surface area contributed by atoms with Gasteiger partial charge in [-0.3, -0.25) is 0 Å². The van der Waals surface area contributed by atoms with E-state index in [9.17, 15) is 8.42 Å². The fourth-order valence-corrected chi connectivity index (χ4v) is 6.69. The maximum Gasteiger partial charge on any atom is 0.243 e. The molecule has 2 aliphatic rings. The predicted molar refractivity (Wildman–Crippen MR) is 116 cm³/mol. The van der Waals surface area contributed by atoms with E-state index in [1.54, 1.807) is 22.6 Å². The van der Waals surface area contributed by atoms with E-state index in [1.807, 2.05) is 60.7 Å². The Morgan fingerprint density at radius 2 is 1.53 bits per heavy atom. The van der Waals surface area contributed by atoms with Crippen LogP contribution in [0, 0.1) is 0 Å². The molecule has 1 aromatic heterocycles. The highest BCUT2D eigenvalue weighted by Crippen LogP contribution is 2.41. The number of nitrogens with zero attached hydrogens (tertiary/aromatic N) is 2. The SMILES string of the molecule is O=S(=O)(c1cccc(-c2ccccc2)c1)N1C2CCC1CC(Oc1ccccn1)C2. The van der Waals surface area contributed by atoms with Crippen molar-refractivity contribution in [1.82, 2.24) is 9.29 Å². The normalized spacial score (nSPS) is 23.9. The second-order valence-corrected chi connectivity index (χ2v) is 9.84. The molecule has 2 bridgehead atoms. The highest BCUT2D eigenvalue weighted by atomic mass is 32.2. The molecule has 2 unspecified atom stereocenters. The van der Waals surface area contributed by atoms with Gasteiger partial charge in [0.1, 0.15) is 6.10 Å². The highest BCUT2D eigenvalue weighted by Gasteiger charge is 2.48. The van der Waals surface area contributed by atoms with E-state index in [2.05, 4.69) is 4.98 Å². The molecule has 2 aliphatic heterocycles. The van der Waals surface area contributed by atoms with Crippen molar-refractivity contribution in [3.05, 3.63) is 79.0 Å². The fourth-order valence-electron chi connectivity index (χ4n) is 4.75. The molecule has 0 radical (unpaired) electrons. The molecule has 0 aliphatic carbocycles. The lowest BCUT2D eigenvalue weighted by Gasteiger charge is -2.37. The van der Waals surface area contributed by atoms with Crippen LogP contribution in [0.15, 0.2) is 83.9 Å².